The van der Waals surface area contributed by atoms with E-state index in [4.69, 9.17) is 4.74 Å². The molecule has 1 atom stereocenters. The molecule has 0 saturated carbocycles. The first kappa shape index (κ1) is 10.7. The molecule has 82 valence electrons. The minimum absolute atomic E-state index is 0.142. The lowest BCUT2D eigenvalue weighted by Gasteiger charge is -2.27. The molecule has 0 radical (unpaired) electrons. The average Bonchev–Trinajstić information content (AvgIpc) is 2.96. The molecule has 1 nitrogen and oxygen atoms in total. The van der Waals surface area contributed by atoms with Crippen LogP contribution in [0.5, 0.6) is 0 Å². The van der Waals surface area contributed by atoms with Gasteiger partial charge in [0.25, 0.3) is 0 Å². The highest BCUT2D eigenvalue weighted by atomic mass is 16.6. The maximum absolute atomic E-state index is 5.68. The number of rotatable bonds is 3. The van der Waals surface area contributed by atoms with Crippen LogP contribution in [0.4, 0.5) is 0 Å². The van der Waals surface area contributed by atoms with Crippen molar-refractivity contribution in [3.63, 3.8) is 0 Å². The molecule has 0 spiro atoms. The van der Waals surface area contributed by atoms with Gasteiger partial charge in [0, 0.05) is 0 Å². The Bertz CT molecular complexity index is 317. The minimum atomic E-state index is 0.142. The summed E-state index contributed by atoms with van der Waals surface area (Å²) in [5.41, 5.74) is 1.82. The maximum atomic E-state index is 5.68. The summed E-state index contributed by atoms with van der Waals surface area (Å²) in [5, 5.41) is 0. The molecule has 1 fully saturated rings. The average molecular weight is 204 g/mol. The SMILES string of the molecule is CC(C)(C)C1(CCc2ccccc2)CO1. The molecule has 1 aromatic carbocycles. The van der Waals surface area contributed by atoms with Crippen LogP contribution >= 0.6 is 0 Å². The van der Waals surface area contributed by atoms with Crippen LogP contribution < -0.4 is 0 Å². The lowest BCUT2D eigenvalue weighted by atomic mass is 9.77. The van der Waals surface area contributed by atoms with Gasteiger partial charge in [-0.2, -0.15) is 0 Å². The summed E-state index contributed by atoms with van der Waals surface area (Å²) < 4.78 is 5.68. The molecule has 0 N–H and O–H groups in total. The minimum Gasteiger partial charge on any atom is -0.369 e. The molecule has 0 aliphatic carbocycles. The Morgan fingerprint density at radius 3 is 2.27 bits per heavy atom. The predicted molar refractivity (Wildman–Crippen MR) is 62.9 cm³/mol. The van der Waals surface area contributed by atoms with Crippen molar-refractivity contribution < 1.29 is 4.74 Å². The fourth-order valence-electron chi connectivity index (χ4n) is 2.03. The van der Waals surface area contributed by atoms with E-state index in [-0.39, 0.29) is 11.0 Å². The standard InChI is InChI=1S/C14H20O/c1-13(2,3)14(11-15-14)10-9-12-7-5-4-6-8-12/h4-8H,9-11H2,1-3H3. The van der Waals surface area contributed by atoms with Crippen molar-refractivity contribution in [2.45, 2.75) is 39.2 Å². The summed E-state index contributed by atoms with van der Waals surface area (Å²) in [4.78, 5) is 0. The molecule has 0 bridgehead atoms. The number of ether oxygens (including phenoxy) is 1. The largest absolute Gasteiger partial charge is 0.369 e. The van der Waals surface area contributed by atoms with Crippen molar-refractivity contribution in [1.82, 2.24) is 0 Å². The van der Waals surface area contributed by atoms with Crippen molar-refractivity contribution in [3.8, 4) is 0 Å². The van der Waals surface area contributed by atoms with Gasteiger partial charge < -0.3 is 4.74 Å². The third kappa shape index (κ3) is 2.23. The van der Waals surface area contributed by atoms with E-state index in [0.717, 1.165) is 19.4 Å². The van der Waals surface area contributed by atoms with Crippen molar-refractivity contribution in [2.24, 2.45) is 5.41 Å². The van der Waals surface area contributed by atoms with E-state index in [1.807, 2.05) is 0 Å². The van der Waals surface area contributed by atoms with Gasteiger partial charge in [0.05, 0.1) is 12.2 Å². The molecule has 15 heavy (non-hydrogen) atoms. The van der Waals surface area contributed by atoms with Crippen molar-refractivity contribution in [1.29, 1.82) is 0 Å². The monoisotopic (exact) mass is 204 g/mol. The second-order valence-electron chi connectivity index (χ2n) is 5.52. The molecule has 0 amide bonds. The Hall–Kier alpha value is -0.820. The highest BCUT2D eigenvalue weighted by Gasteiger charge is 2.53. The Morgan fingerprint density at radius 2 is 1.80 bits per heavy atom. The Balaban J connectivity index is 1.95. The van der Waals surface area contributed by atoms with Crippen LogP contribution in [0.25, 0.3) is 0 Å². The van der Waals surface area contributed by atoms with Crippen LogP contribution in [0.2, 0.25) is 0 Å². The van der Waals surface area contributed by atoms with Crippen LogP contribution in [0.1, 0.15) is 32.8 Å². The van der Waals surface area contributed by atoms with E-state index < -0.39 is 0 Å². The van der Waals surface area contributed by atoms with Gasteiger partial charge in [-0.3, -0.25) is 0 Å². The van der Waals surface area contributed by atoms with Crippen LogP contribution in [-0.2, 0) is 11.2 Å². The third-order valence-corrected chi connectivity index (χ3v) is 3.52. The van der Waals surface area contributed by atoms with Gasteiger partial charge in [0.1, 0.15) is 0 Å². The molecule has 2 rings (SSSR count). The molecule has 1 aliphatic rings. The van der Waals surface area contributed by atoms with Gasteiger partial charge in [-0.1, -0.05) is 51.1 Å². The van der Waals surface area contributed by atoms with Gasteiger partial charge in [0.15, 0.2) is 0 Å². The summed E-state index contributed by atoms with van der Waals surface area (Å²) in [6, 6.07) is 10.7. The quantitative estimate of drug-likeness (QED) is 0.687. The van der Waals surface area contributed by atoms with Crippen LogP contribution in [0, 0.1) is 5.41 Å². The summed E-state index contributed by atoms with van der Waals surface area (Å²) in [6.45, 7) is 7.74. The Kier molecular flexibility index (Phi) is 2.59. The van der Waals surface area contributed by atoms with Crippen LogP contribution in [-0.4, -0.2) is 12.2 Å². The van der Waals surface area contributed by atoms with Crippen LogP contribution in [0.3, 0.4) is 0 Å². The molecule has 0 aromatic heterocycles. The van der Waals surface area contributed by atoms with E-state index in [2.05, 4.69) is 51.1 Å². The van der Waals surface area contributed by atoms with Crippen molar-refractivity contribution >= 4 is 0 Å². The maximum Gasteiger partial charge on any atom is 0.0967 e. The molecule has 1 aromatic rings. The zero-order valence-corrected chi connectivity index (χ0v) is 9.92. The lowest BCUT2D eigenvalue weighted by Crippen LogP contribution is -2.30. The fraction of sp³-hybridized carbons (Fsp3) is 0.571. The number of benzene rings is 1. The lowest BCUT2D eigenvalue weighted by molar-refractivity contribution is 0.145. The van der Waals surface area contributed by atoms with E-state index in [1.54, 1.807) is 0 Å². The highest BCUT2D eigenvalue weighted by Crippen LogP contribution is 2.47. The normalized spacial score (nSPS) is 25.3. The Morgan fingerprint density at radius 1 is 1.20 bits per heavy atom. The number of aryl methyl sites for hydroxylation is 1. The van der Waals surface area contributed by atoms with Crippen molar-refractivity contribution in [3.05, 3.63) is 35.9 Å². The first-order valence-electron chi connectivity index (χ1n) is 5.71. The highest BCUT2D eigenvalue weighted by molar-refractivity contribution is 5.16. The fourth-order valence-corrected chi connectivity index (χ4v) is 2.03. The van der Waals surface area contributed by atoms with Gasteiger partial charge in [-0.15, -0.1) is 0 Å². The van der Waals surface area contributed by atoms with E-state index in [9.17, 15) is 0 Å². The molecule has 1 heterocycles. The van der Waals surface area contributed by atoms with Gasteiger partial charge in [0.2, 0.25) is 0 Å². The van der Waals surface area contributed by atoms with Gasteiger partial charge in [-0.05, 0) is 23.8 Å². The summed E-state index contributed by atoms with van der Waals surface area (Å²) in [7, 11) is 0. The molecular weight excluding hydrogens is 184 g/mol. The third-order valence-electron chi connectivity index (χ3n) is 3.52. The van der Waals surface area contributed by atoms with E-state index in [0.29, 0.717) is 0 Å². The zero-order valence-electron chi connectivity index (χ0n) is 9.92. The second-order valence-corrected chi connectivity index (χ2v) is 5.52. The van der Waals surface area contributed by atoms with Crippen molar-refractivity contribution in [2.75, 3.05) is 6.61 Å². The second kappa shape index (κ2) is 3.64. The predicted octanol–water partition coefficient (Wildman–Crippen LogP) is 3.43. The summed E-state index contributed by atoms with van der Waals surface area (Å²) in [5.74, 6) is 0. The summed E-state index contributed by atoms with van der Waals surface area (Å²) >= 11 is 0. The molecule has 1 aliphatic heterocycles. The molecule has 1 saturated heterocycles. The van der Waals surface area contributed by atoms with E-state index >= 15 is 0 Å². The number of epoxide rings is 1. The number of hydrogen-bond acceptors (Lipinski definition) is 1. The molecular formula is C14H20O. The molecule has 1 heteroatoms. The Labute approximate surface area is 92.5 Å². The first-order chi connectivity index (χ1) is 7.04. The zero-order chi connectivity index (χ0) is 10.9. The van der Waals surface area contributed by atoms with Crippen LogP contribution in [0.15, 0.2) is 30.3 Å². The summed E-state index contributed by atoms with van der Waals surface area (Å²) in [6.07, 6.45) is 2.26. The number of hydrogen-bond donors (Lipinski definition) is 0. The first-order valence-corrected chi connectivity index (χ1v) is 5.71. The van der Waals surface area contributed by atoms with Gasteiger partial charge >= 0.3 is 0 Å². The van der Waals surface area contributed by atoms with Gasteiger partial charge in [-0.25, -0.2) is 0 Å². The molecule has 1 unspecified atom stereocenters. The smallest absolute Gasteiger partial charge is 0.0967 e. The van der Waals surface area contributed by atoms with E-state index in [1.165, 1.54) is 5.56 Å². The topological polar surface area (TPSA) is 12.5 Å².